The topological polar surface area (TPSA) is 124 Å². The summed E-state index contributed by atoms with van der Waals surface area (Å²) in [5.41, 5.74) is 0. The molecular formula is C13H22N2O6. The molecule has 0 saturated carbocycles. The van der Waals surface area contributed by atoms with E-state index in [9.17, 15) is 19.2 Å². The van der Waals surface area contributed by atoms with Crippen LogP contribution in [0.2, 0.25) is 0 Å². The summed E-state index contributed by atoms with van der Waals surface area (Å²) in [4.78, 5) is 45.2. The molecule has 0 spiro atoms. The lowest BCUT2D eigenvalue weighted by atomic mass is 10.2. The van der Waals surface area contributed by atoms with E-state index in [-0.39, 0.29) is 44.2 Å². The minimum atomic E-state index is -1.04. The fourth-order valence-electron chi connectivity index (χ4n) is 1.57. The van der Waals surface area contributed by atoms with Crippen molar-refractivity contribution in [2.24, 2.45) is 0 Å². The highest BCUT2D eigenvalue weighted by atomic mass is 16.4. The fraction of sp³-hybridized carbons (Fsp3) is 0.692. The van der Waals surface area contributed by atoms with Crippen molar-refractivity contribution in [1.29, 1.82) is 0 Å². The quantitative estimate of drug-likeness (QED) is 0.464. The molecule has 0 aromatic carbocycles. The Kier molecular flexibility index (Phi) is 9.57. The fourth-order valence-corrected chi connectivity index (χ4v) is 1.57. The van der Waals surface area contributed by atoms with Gasteiger partial charge in [0, 0.05) is 32.5 Å². The van der Waals surface area contributed by atoms with Crippen LogP contribution in [0.4, 0.5) is 0 Å². The highest BCUT2D eigenvalue weighted by molar-refractivity contribution is 5.78. The van der Waals surface area contributed by atoms with Crippen molar-refractivity contribution < 1.29 is 29.4 Å². The first-order chi connectivity index (χ1) is 9.86. The first-order valence-corrected chi connectivity index (χ1v) is 6.84. The Hall–Kier alpha value is -2.12. The molecule has 8 nitrogen and oxygen atoms in total. The zero-order chi connectivity index (χ0) is 16.3. The summed E-state index contributed by atoms with van der Waals surface area (Å²) in [6.07, 6.45) is 0.498. The zero-order valence-electron chi connectivity index (χ0n) is 12.1. The lowest BCUT2D eigenvalue weighted by Gasteiger charge is -2.21. The van der Waals surface area contributed by atoms with Crippen LogP contribution >= 0.6 is 0 Å². The summed E-state index contributed by atoms with van der Waals surface area (Å²) in [6, 6.07) is 0. The maximum atomic E-state index is 11.9. The molecule has 120 valence electrons. The summed E-state index contributed by atoms with van der Waals surface area (Å²) in [7, 11) is 0. The molecule has 0 unspecified atom stereocenters. The summed E-state index contributed by atoms with van der Waals surface area (Å²) in [5, 5.41) is 19.9. The van der Waals surface area contributed by atoms with Crippen LogP contribution in [0, 0.1) is 0 Å². The van der Waals surface area contributed by atoms with E-state index in [0.29, 0.717) is 19.4 Å². The van der Waals surface area contributed by atoms with Gasteiger partial charge in [0.25, 0.3) is 0 Å². The van der Waals surface area contributed by atoms with Gasteiger partial charge in [0.1, 0.15) is 0 Å². The molecule has 0 saturated heterocycles. The molecule has 2 amide bonds. The predicted molar refractivity (Wildman–Crippen MR) is 73.6 cm³/mol. The van der Waals surface area contributed by atoms with E-state index in [2.05, 4.69) is 5.32 Å². The van der Waals surface area contributed by atoms with Gasteiger partial charge in [0.05, 0.1) is 12.8 Å². The maximum absolute atomic E-state index is 11.9. The second-order valence-corrected chi connectivity index (χ2v) is 4.48. The third kappa shape index (κ3) is 10.3. The van der Waals surface area contributed by atoms with Crippen LogP contribution < -0.4 is 5.32 Å². The molecule has 3 N–H and O–H groups in total. The van der Waals surface area contributed by atoms with Gasteiger partial charge in [-0.3, -0.25) is 19.2 Å². The lowest BCUT2D eigenvalue weighted by Crippen LogP contribution is -2.35. The molecule has 0 fully saturated rings. The van der Waals surface area contributed by atoms with Gasteiger partial charge in [-0.15, -0.1) is 0 Å². The number of rotatable bonds is 11. The monoisotopic (exact) mass is 302 g/mol. The predicted octanol–water partition coefficient (Wildman–Crippen LogP) is 0.0708. The van der Waals surface area contributed by atoms with Crippen LogP contribution in [0.25, 0.3) is 0 Å². The Bertz CT molecular complexity index is 365. The van der Waals surface area contributed by atoms with Gasteiger partial charge < -0.3 is 20.4 Å². The molecule has 21 heavy (non-hydrogen) atoms. The molecular weight excluding hydrogens is 280 g/mol. The number of carbonyl (C=O) groups is 4. The molecule has 0 atom stereocenters. The third-order valence-electron chi connectivity index (χ3n) is 2.75. The summed E-state index contributed by atoms with van der Waals surface area (Å²) in [5.74, 6) is -2.49. The molecule has 0 rings (SSSR count). The zero-order valence-corrected chi connectivity index (χ0v) is 12.1. The lowest BCUT2D eigenvalue weighted by molar-refractivity contribution is -0.139. The summed E-state index contributed by atoms with van der Waals surface area (Å²) in [6.45, 7) is 2.07. The molecule has 0 aliphatic heterocycles. The second-order valence-electron chi connectivity index (χ2n) is 4.48. The van der Waals surface area contributed by atoms with Crippen molar-refractivity contribution in [1.82, 2.24) is 10.2 Å². The molecule has 0 radical (unpaired) electrons. The first kappa shape index (κ1) is 18.9. The molecule has 0 aliphatic carbocycles. The van der Waals surface area contributed by atoms with Crippen LogP contribution in [0.15, 0.2) is 0 Å². The van der Waals surface area contributed by atoms with E-state index in [0.717, 1.165) is 0 Å². The average molecular weight is 302 g/mol. The smallest absolute Gasteiger partial charge is 0.305 e. The Labute approximate surface area is 123 Å². The van der Waals surface area contributed by atoms with Gasteiger partial charge in [-0.2, -0.15) is 0 Å². The Morgan fingerprint density at radius 1 is 0.952 bits per heavy atom. The van der Waals surface area contributed by atoms with E-state index < -0.39 is 11.9 Å². The summed E-state index contributed by atoms with van der Waals surface area (Å²) >= 11 is 0. The van der Waals surface area contributed by atoms with Crippen molar-refractivity contribution >= 4 is 23.8 Å². The Morgan fingerprint density at radius 3 is 1.90 bits per heavy atom. The van der Waals surface area contributed by atoms with Crippen molar-refractivity contribution in [3.8, 4) is 0 Å². The number of aliphatic carboxylic acids is 2. The van der Waals surface area contributed by atoms with Gasteiger partial charge in [0.2, 0.25) is 11.8 Å². The first-order valence-electron chi connectivity index (χ1n) is 6.84. The largest absolute Gasteiger partial charge is 0.481 e. The van der Waals surface area contributed by atoms with Crippen molar-refractivity contribution in [3.63, 3.8) is 0 Å². The Morgan fingerprint density at radius 2 is 1.48 bits per heavy atom. The van der Waals surface area contributed by atoms with Gasteiger partial charge in [-0.25, -0.2) is 0 Å². The van der Waals surface area contributed by atoms with Crippen molar-refractivity contribution in [2.45, 2.75) is 39.0 Å². The number of amides is 2. The number of carboxylic acid groups (broad SMARTS) is 2. The highest BCUT2D eigenvalue weighted by Gasteiger charge is 2.15. The summed E-state index contributed by atoms with van der Waals surface area (Å²) < 4.78 is 0. The molecule has 0 aromatic heterocycles. The SMILES string of the molecule is CCC(=O)NCCCC(=O)N(CCC(=O)O)CCC(=O)O. The van der Waals surface area contributed by atoms with Crippen LogP contribution in [-0.2, 0) is 19.2 Å². The van der Waals surface area contributed by atoms with E-state index >= 15 is 0 Å². The molecule has 0 bridgehead atoms. The van der Waals surface area contributed by atoms with Crippen molar-refractivity contribution in [2.75, 3.05) is 19.6 Å². The highest BCUT2D eigenvalue weighted by Crippen LogP contribution is 2.01. The van der Waals surface area contributed by atoms with Crippen LogP contribution in [0.3, 0.4) is 0 Å². The number of carboxylic acids is 2. The number of nitrogens with zero attached hydrogens (tertiary/aromatic N) is 1. The normalized spacial score (nSPS) is 9.95. The van der Waals surface area contributed by atoms with Gasteiger partial charge in [-0.1, -0.05) is 6.92 Å². The van der Waals surface area contributed by atoms with Crippen LogP contribution in [0.1, 0.15) is 39.0 Å². The van der Waals surface area contributed by atoms with E-state index in [1.807, 2.05) is 0 Å². The third-order valence-corrected chi connectivity index (χ3v) is 2.75. The number of nitrogens with one attached hydrogen (secondary N) is 1. The van der Waals surface area contributed by atoms with Gasteiger partial charge in [-0.05, 0) is 6.42 Å². The molecule has 0 heterocycles. The van der Waals surface area contributed by atoms with E-state index in [1.165, 1.54) is 4.90 Å². The Balaban J connectivity index is 4.19. The van der Waals surface area contributed by atoms with E-state index in [1.54, 1.807) is 6.92 Å². The van der Waals surface area contributed by atoms with Crippen LogP contribution in [0.5, 0.6) is 0 Å². The maximum Gasteiger partial charge on any atom is 0.305 e. The minimum Gasteiger partial charge on any atom is -0.481 e. The van der Waals surface area contributed by atoms with Crippen molar-refractivity contribution in [3.05, 3.63) is 0 Å². The molecule has 0 aromatic rings. The average Bonchev–Trinajstić information content (AvgIpc) is 2.42. The van der Waals surface area contributed by atoms with E-state index in [4.69, 9.17) is 10.2 Å². The van der Waals surface area contributed by atoms with Gasteiger partial charge in [0.15, 0.2) is 0 Å². The molecule has 8 heteroatoms. The number of hydrogen-bond acceptors (Lipinski definition) is 4. The van der Waals surface area contributed by atoms with Crippen LogP contribution in [-0.4, -0.2) is 58.5 Å². The number of carbonyl (C=O) groups excluding carboxylic acids is 2. The number of hydrogen-bond donors (Lipinski definition) is 3. The molecule has 0 aliphatic rings. The van der Waals surface area contributed by atoms with Gasteiger partial charge >= 0.3 is 11.9 Å². The standard InChI is InChI=1S/C13H22N2O6/c1-2-10(16)14-7-3-4-11(17)15(8-5-12(18)19)9-6-13(20)21/h2-9H2,1H3,(H,14,16)(H,18,19)(H,20,21). The minimum absolute atomic E-state index is 0.0111. The second kappa shape index (κ2) is 10.6.